The molecule has 17 heavy (non-hydrogen) atoms. The number of hydrogen-bond acceptors (Lipinski definition) is 3. The standard InChI is InChI=1S/C13H15BrO3/c1-2-9-8(6-13(15)3-4-13)5-10(14)12-11(9)16-7-17-12/h5,15H,2-4,6-7H2,1H3. The van der Waals surface area contributed by atoms with E-state index in [4.69, 9.17) is 9.47 Å². The molecule has 1 saturated carbocycles. The molecule has 1 aliphatic heterocycles. The summed E-state index contributed by atoms with van der Waals surface area (Å²) in [4.78, 5) is 0. The fourth-order valence-electron chi connectivity index (χ4n) is 2.35. The minimum atomic E-state index is -0.475. The van der Waals surface area contributed by atoms with Gasteiger partial charge in [0.2, 0.25) is 6.79 Å². The van der Waals surface area contributed by atoms with Gasteiger partial charge in [-0.25, -0.2) is 0 Å². The van der Waals surface area contributed by atoms with Gasteiger partial charge in [0.25, 0.3) is 0 Å². The molecular weight excluding hydrogens is 284 g/mol. The predicted molar refractivity (Wildman–Crippen MR) is 67.5 cm³/mol. The molecule has 0 atom stereocenters. The summed E-state index contributed by atoms with van der Waals surface area (Å²) in [6, 6.07) is 2.06. The molecule has 1 N–H and O–H groups in total. The van der Waals surface area contributed by atoms with Gasteiger partial charge >= 0.3 is 0 Å². The molecule has 1 aromatic rings. The summed E-state index contributed by atoms with van der Waals surface area (Å²) in [5, 5.41) is 10.1. The van der Waals surface area contributed by atoms with Crippen molar-refractivity contribution in [1.82, 2.24) is 0 Å². The van der Waals surface area contributed by atoms with Crippen molar-refractivity contribution in [1.29, 1.82) is 0 Å². The second-order valence-electron chi connectivity index (χ2n) is 4.82. The molecule has 0 radical (unpaired) electrons. The lowest BCUT2D eigenvalue weighted by atomic mass is 9.97. The number of ether oxygens (including phenoxy) is 2. The SMILES string of the molecule is CCc1c(CC2(O)CC2)cc(Br)c2c1OCO2. The summed E-state index contributed by atoms with van der Waals surface area (Å²) in [5.41, 5.74) is 1.86. The molecule has 1 fully saturated rings. The van der Waals surface area contributed by atoms with Crippen LogP contribution < -0.4 is 9.47 Å². The van der Waals surface area contributed by atoms with Crippen LogP contribution in [-0.4, -0.2) is 17.5 Å². The van der Waals surface area contributed by atoms with Crippen LogP contribution in [-0.2, 0) is 12.8 Å². The second kappa shape index (κ2) is 3.89. The maximum absolute atomic E-state index is 10.1. The van der Waals surface area contributed by atoms with Crippen LogP contribution in [0.2, 0.25) is 0 Å². The maximum Gasteiger partial charge on any atom is 0.231 e. The smallest absolute Gasteiger partial charge is 0.231 e. The Balaban J connectivity index is 2.05. The summed E-state index contributed by atoms with van der Waals surface area (Å²) in [6.07, 6.45) is 3.42. The van der Waals surface area contributed by atoms with Crippen molar-refractivity contribution in [3.63, 3.8) is 0 Å². The first kappa shape index (κ1) is 11.4. The van der Waals surface area contributed by atoms with E-state index in [1.165, 1.54) is 11.1 Å². The summed E-state index contributed by atoms with van der Waals surface area (Å²) >= 11 is 3.50. The van der Waals surface area contributed by atoms with Gasteiger partial charge in [-0.05, 0) is 46.8 Å². The highest BCUT2D eigenvalue weighted by Crippen LogP contribution is 2.46. The van der Waals surface area contributed by atoms with E-state index < -0.39 is 5.60 Å². The molecule has 0 saturated heterocycles. The Morgan fingerprint density at radius 1 is 1.35 bits per heavy atom. The fourth-order valence-corrected chi connectivity index (χ4v) is 2.92. The van der Waals surface area contributed by atoms with Crippen LogP contribution in [0.15, 0.2) is 10.5 Å². The van der Waals surface area contributed by atoms with E-state index in [1.54, 1.807) is 0 Å². The minimum Gasteiger partial charge on any atom is -0.453 e. The molecule has 0 unspecified atom stereocenters. The largest absolute Gasteiger partial charge is 0.453 e. The van der Waals surface area contributed by atoms with Gasteiger partial charge < -0.3 is 14.6 Å². The number of aliphatic hydroxyl groups is 1. The van der Waals surface area contributed by atoms with Crippen LogP contribution >= 0.6 is 15.9 Å². The Hall–Kier alpha value is -0.740. The number of benzene rings is 1. The number of rotatable bonds is 3. The summed E-state index contributed by atoms with van der Waals surface area (Å²) in [6.45, 7) is 2.39. The quantitative estimate of drug-likeness (QED) is 0.933. The van der Waals surface area contributed by atoms with Crippen molar-refractivity contribution in [2.24, 2.45) is 0 Å². The molecular formula is C13H15BrO3. The normalized spacial score (nSPS) is 19.5. The minimum absolute atomic E-state index is 0.286. The Bertz CT molecular complexity index is 466. The highest BCUT2D eigenvalue weighted by Gasteiger charge is 2.41. The third-order valence-electron chi connectivity index (χ3n) is 3.49. The van der Waals surface area contributed by atoms with Crippen molar-refractivity contribution in [2.45, 2.75) is 38.2 Å². The number of fused-ring (bicyclic) bond motifs is 1. The van der Waals surface area contributed by atoms with E-state index in [0.717, 1.165) is 35.2 Å². The van der Waals surface area contributed by atoms with E-state index in [1.807, 2.05) is 0 Å². The van der Waals surface area contributed by atoms with Gasteiger partial charge in [-0.3, -0.25) is 0 Å². The third kappa shape index (κ3) is 1.93. The number of halogens is 1. The predicted octanol–water partition coefficient (Wildman–Crippen LogP) is 2.81. The van der Waals surface area contributed by atoms with Crippen LogP contribution in [0, 0.1) is 0 Å². The molecule has 0 amide bonds. The molecule has 3 nitrogen and oxygen atoms in total. The Morgan fingerprint density at radius 2 is 2.06 bits per heavy atom. The zero-order valence-corrected chi connectivity index (χ0v) is 11.3. The lowest BCUT2D eigenvalue weighted by Gasteiger charge is -2.15. The van der Waals surface area contributed by atoms with Gasteiger partial charge in [0.1, 0.15) is 0 Å². The van der Waals surface area contributed by atoms with E-state index in [2.05, 4.69) is 28.9 Å². The van der Waals surface area contributed by atoms with Gasteiger partial charge in [0.15, 0.2) is 11.5 Å². The highest BCUT2D eigenvalue weighted by molar-refractivity contribution is 9.10. The highest BCUT2D eigenvalue weighted by atomic mass is 79.9. The summed E-state index contributed by atoms with van der Waals surface area (Å²) in [5.74, 6) is 1.65. The molecule has 4 heteroatoms. The summed E-state index contributed by atoms with van der Waals surface area (Å²) < 4.78 is 11.9. The van der Waals surface area contributed by atoms with Gasteiger partial charge in [0.05, 0.1) is 10.1 Å². The van der Waals surface area contributed by atoms with Crippen LogP contribution in [0.4, 0.5) is 0 Å². The molecule has 1 aliphatic carbocycles. The third-order valence-corrected chi connectivity index (χ3v) is 4.08. The molecule has 92 valence electrons. The van der Waals surface area contributed by atoms with Gasteiger partial charge in [-0.1, -0.05) is 6.92 Å². The van der Waals surface area contributed by atoms with E-state index in [-0.39, 0.29) is 6.79 Å². The van der Waals surface area contributed by atoms with Gasteiger partial charge in [0, 0.05) is 12.0 Å². The Morgan fingerprint density at radius 3 is 2.71 bits per heavy atom. The lowest BCUT2D eigenvalue weighted by Crippen LogP contribution is -2.12. The fraction of sp³-hybridized carbons (Fsp3) is 0.538. The van der Waals surface area contributed by atoms with Crippen molar-refractivity contribution in [3.8, 4) is 11.5 Å². The monoisotopic (exact) mass is 298 g/mol. The van der Waals surface area contributed by atoms with Gasteiger partial charge in [-0.15, -0.1) is 0 Å². The van der Waals surface area contributed by atoms with Crippen LogP contribution in [0.1, 0.15) is 30.9 Å². The van der Waals surface area contributed by atoms with Crippen molar-refractivity contribution < 1.29 is 14.6 Å². The van der Waals surface area contributed by atoms with Crippen LogP contribution in [0.5, 0.6) is 11.5 Å². The molecule has 1 aromatic carbocycles. The van der Waals surface area contributed by atoms with Gasteiger partial charge in [-0.2, -0.15) is 0 Å². The Kier molecular flexibility index (Phi) is 2.60. The van der Waals surface area contributed by atoms with Crippen LogP contribution in [0.3, 0.4) is 0 Å². The first-order valence-corrected chi connectivity index (χ1v) is 6.74. The number of hydrogen-bond donors (Lipinski definition) is 1. The average Bonchev–Trinajstić information content (AvgIpc) is 2.81. The van der Waals surface area contributed by atoms with Crippen LogP contribution in [0.25, 0.3) is 0 Å². The molecule has 2 aliphatic rings. The zero-order valence-electron chi connectivity index (χ0n) is 9.75. The zero-order chi connectivity index (χ0) is 12.0. The summed E-state index contributed by atoms with van der Waals surface area (Å²) in [7, 11) is 0. The van der Waals surface area contributed by atoms with E-state index >= 15 is 0 Å². The molecule has 0 spiro atoms. The average molecular weight is 299 g/mol. The van der Waals surface area contributed by atoms with E-state index in [0.29, 0.717) is 6.42 Å². The van der Waals surface area contributed by atoms with E-state index in [9.17, 15) is 5.11 Å². The molecule has 1 heterocycles. The first-order valence-electron chi connectivity index (χ1n) is 5.95. The lowest BCUT2D eigenvalue weighted by molar-refractivity contribution is 0.150. The first-order chi connectivity index (χ1) is 8.13. The topological polar surface area (TPSA) is 38.7 Å². The van der Waals surface area contributed by atoms with Crippen molar-refractivity contribution in [2.75, 3.05) is 6.79 Å². The Labute approximate surface area is 109 Å². The maximum atomic E-state index is 10.1. The van der Waals surface area contributed by atoms with Crippen molar-refractivity contribution >= 4 is 15.9 Å². The molecule has 0 bridgehead atoms. The molecule has 0 aromatic heterocycles. The molecule has 3 rings (SSSR count). The second-order valence-corrected chi connectivity index (χ2v) is 5.67. The van der Waals surface area contributed by atoms with Crippen molar-refractivity contribution in [3.05, 3.63) is 21.7 Å².